The van der Waals surface area contributed by atoms with Crippen molar-refractivity contribution >= 4 is 23.3 Å². The van der Waals surface area contributed by atoms with Gasteiger partial charge in [0, 0.05) is 37.2 Å². The third-order valence-corrected chi connectivity index (χ3v) is 5.67. The Morgan fingerprint density at radius 1 is 1.03 bits per heavy atom. The van der Waals surface area contributed by atoms with Crippen LogP contribution in [0, 0.1) is 12.3 Å². The minimum Gasteiger partial charge on any atom is -0.353 e. The first-order valence-electron chi connectivity index (χ1n) is 10.2. The molecule has 2 heterocycles. The molecule has 2 aromatic rings. The summed E-state index contributed by atoms with van der Waals surface area (Å²) in [6.45, 7) is 11.0. The average molecular weight is 395 g/mol. The third kappa shape index (κ3) is 4.94. The van der Waals surface area contributed by atoms with E-state index in [1.54, 1.807) is 6.20 Å². The van der Waals surface area contributed by atoms with Gasteiger partial charge in [0.2, 0.25) is 5.91 Å². The molecule has 1 saturated heterocycles. The fraction of sp³-hybridized carbons (Fsp3) is 0.435. The number of pyridine rings is 1. The molecule has 0 unspecified atom stereocenters. The monoisotopic (exact) mass is 394 g/mol. The molecule has 6 heteroatoms. The van der Waals surface area contributed by atoms with Crippen molar-refractivity contribution in [3.8, 4) is 0 Å². The summed E-state index contributed by atoms with van der Waals surface area (Å²) < 4.78 is 0. The molecule has 29 heavy (non-hydrogen) atoms. The number of nitrogens with one attached hydrogen (secondary N) is 1. The number of nitrogens with zero attached hydrogens (tertiary/aromatic N) is 3. The van der Waals surface area contributed by atoms with Gasteiger partial charge in [-0.05, 0) is 37.6 Å². The molecule has 0 radical (unpaired) electrons. The lowest BCUT2D eigenvalue weighted by Gasteiger charge is -2.38. The van der Waals surface area contributed by atoms with Crippen molar-refractivity contribution in [2.45, 2.75) is 34.1 Å². The van der Waals surface area contributed by atoms with Gasteiger partial charge in [-0.2, -0.15) is 0 Å². The number of hydrogen-bond acceptors (Lipinski definition) is 4. The molecule has 6 nitrogen and oxygen atoms in total. The van der Waals surface area contributed by atoms with Gasteiger partial charge >= 0.3 is 0 Å². The number of carbonyl (C=O) groups is 2. The molecule has 1 aliphatic heterocycles. The lowest BCUT2D eigenvalue weighted by molar-refractivity contribution is -0.140. The molecule has 0 spiro atoms. The maximum Gasteiger partial charge on any atom is 0.255 e. The van der Waals surface area contributed by atoms with E-state index >= 15 is 0 Å². The highest BCUT2D eigenvalue weighted by Gasteiger charge is 2.32. The van der Waals surface area contributed by atoms with E-state index in [0.717, 1.165) is 30.9 Å². The van der Waals surface area contributed by atoms with E-state index < -0.39 is 0 Å². The fourth-order valence-electron chi connectivity index (χ4n) is 3.27. The van der Waals surface area contributed by atoms with Gasteiger partial charge < -0.3 is 15.1 Å². The second kappa shape index (κ2) is 8.64. The van der Waals surface area contributed by atoms with Crippen molar-refractivity contribution in [3.05, 3.63) is 53.7 Å². The molecule has 1 N–H and O–H groups in total. The molecule has 0 aliphatic carbocycles. The van der Waals surface area contributed by atoms with E-state index in [1.807, 2.05) is 62.1 Å². The molecule has 0 atom stereocenters. The molecule has 0 bridgehead atoms. The van der Waals surface area contributed by atoms with Crippen LogP contribution < -0.4 is 10.2 Å². The fourth-order valence-corrected chi connectivity index (χ4v) is 3.27. The molecule has 1 aliphatic rings. The van der Waals surface area contributed by atoms with Crippen LogP contribution in [-0.2, 0) is 4.79 Å². The molecule has 1 aromatic heterocycles. The zero-order chi connectivity index (χ0) is 21.0. The zero-order valence-corrected chi connectivity index (χ0v) is 17.7. The van der Waals surface area contributed by atoms with E-state index in [9.17, 15) is 9.59 Å². The molecule has 1 aromatic carbocycles. The van der Waals surface area contributed by atoms with Crippen molar-refractivity contribution in [2.24, 2.45) is 5.41 Å². The summed E-state index contributed by atoms with van der Waals surface area (Å²) in [5.41, 5.74) is 2.10. The van der Waals surface area contributed by atoms with Gasteiger partial charge in [0.1, 0.15) is 5.82 Å². The van der Waals surface area contributed by atoms with Crippen molar-refractivity contribution < 1.29 is 9.59 Å². The van der Waals surface area contributed by atoms with Crippen LogP contribution in [0.2, 0.25) is 0 Å². The first-order chi connectivity index (χ1) is 13.8. The molecule has 2 amide bonds. The van der Waals surface area contributed by atoms with E-state index in [4.69, 9.17) is 0 Å². The third-order valence-electron chi connectivity index (χ3n) is 5.67. The summed E-state index contributed by atoms with van der Waals surface area (Å²) in [6.07, 6.45) is 2.52. The quantitative estimate of drug-likeness (QED) is 0.839. The summed E-state index contributed by atoms with van der Waals surface area (Å²) >= 11 is 0. The van der Waals surface area contributed by atoms with Crippen LogP contribution in [0.1, 0.15) is 43.1 Å². The predicted octanol–water partition coefficient (Wildman–Crippen LogP) is 3.73. The van der Waals surface area contributed by atoms with Crippen molar-refractivity contribution in [1.82, 2.24) is 9.88 Å². The standard InChI is InChI=1S/C23H30N4O2/c1-5-23(3,4)22(29)27-14-12-26(13-15-27)20-11-10-19(16-24-20)25-21(28)18-8-6-17(2)7-9-18/h6-11,16H,5,12-15H2,1-4H3,(H,25,28). The number of benzene rings is 1. The maximum absolute atomic E-state index is 12.6. The first kappa shape index (κ1) is 20.8. The highest BCUT2D eigenvalue weighted by Crippen LogP contribution is 2.24. The Morgan fingerprint density at radius 2 is 1.69 bits per heavy atom. The Kier molecular flexibility index (Phi) is 6.20. The van der Waals surface area contributed by atoms with Crippen molar-refractivity contribution in [3.63, 3.8) is 0 Å². The molecule has 3 rings (SSSR count). The Bertz CT molecular complexity index is 851. The molecule has 154 valence electrons. The van der Waals surface area contributed by atoms with Crippen LogP contribution in [0.4, 0.5) is 11.5 Å². The van der Waals surface area contributed by atoms with E-state index in [0.29, 0.717) is 24.3 Å². The van der Waals surface area contributed by atoms with Crippen LogP contribution in [0.15, 0.2) is 42.6 Å². The normalized spacial score (nSPS) is 14.6. The number of carbonyl (C=O) groups excluding carboxylic acids is 2. The van der Waals surface area contributed by atoms with Crippen LogP contribution >= 0.6 is 0 Å². The highest BCUT2D eigenvalue weighted by atomic mass is 16.2. The minimum absolute atomic E-state index is 0.148. The number of anilines is 2. The Labute approximate surface area is 172 Å². The Balaban J connectivity index is 1.56. The van der Waals surface area contributed by atoms with Gasteiger partial charge in [0.25, 0.3) is 5.91 Å². The van der Waals surface area contributed by atoms with Crippen LogP contribution in [0.5, 0.6) is 0 Å². The summed E-state index contributed by atoms with van der Waals surface area (Å²) in [5.74, 6) is 0.937. The number of aromatic nitrogens is 1. The Morgan fingerprint density at radius 3 is 2.24 bits per heavy atom. The van der Waals surface area contributed by atoms with Crippen molar-refractivity contribution in [1.29, 1.82) is 0 Å². The van der Waals surface area contributed by atoms with Gasteiger partial charge in [-0.3, -0.25) is 9.59 Å². The maximum atomic E-state index is 12.6. The number of hydrogen-bond donors (Lipinski definition) is 1. The van der Waals surface area contributed by atoms with Gasteiger partial charge in [0.05, 0.1) is 11.9 Å². The number of amides is 2. The Hall–Kier alpha value is -2.89. The van der Waals surface area contributed by atoms with Gasteiger partial charge in [-0.15, -0.1) is 0 Å². The smallest absolute Gasteiger partial charge is 0.255 e. The van der Waals surface area contributed by atoms with E-state index in [1.165, 1.54) is 0 Å². The molecular weight excluding hydrogens is 364 g/mol. The van der Waals surface area contributed by atoms with Gasteiger partial charge in [-0.25, -0.2) is 4.98 Å². The van der Waals surface area contributed by atoms with E-state index in [-0.39, 0.29) is 17.2 Å². The SMILES string of the molecule is CCC(C)(C)C(=O)N1CCN(c2ccc(NC(=O)c3ccc(C)cc3)cn2)CC1. The number of rotatable bonds is 5. The largest absolute Gasteiger partial charge is 0.353 e. The van der Waals surface area contributed by atoms with Crippen LogP contribution in [-0.4, -0.2) is 47.9 Å². The average Bonchev–Trinajstić information content (AvgIpc) is 2.74. The van der Waals surface area contributed by atoms with Gasteiger partial charge in [0.15, 0.2) is 0 Å². The molecule has 0 saturated carbocycles. The summed E-state index contributed by atoms with van der Waals surface area (Å²) in [4.78, 5) is 33.6. The second-order valence-corrected chi connectivity index (χ2v) is 8.24. The van der Waals surface area contributed by atoms with Crippen LogP contribution in [0.25, 0.3) is 0 Å². The first-order valence-corrected chi connectivity index (χ1v) is 10.2. The topological polar surface area (TPSA) is 65.5 Å². The lowest BCUT2D eigenvalue weighted by atomic mass is 9.88. The molecule has 1 fully saturated rings. The summed E-state index contributed by atoms with van der Waals surface area (Å²) in [5, 5.41) is 2.88. The molecular formula is C23H30N4O2. The zero-order valence-electron chi connectivity index (χ0n) is 17.7. The number of aryl methyl sites for hydroxylation is 1. The summed E-state index contributed by atoms with van der Waals surface area (Å²) in [7, 11) is 0. The lowest BCUT2D eigenvalue weighted by Crippen LogP contribution is -2.52. The highest BCUT2D eigenvalue weighted by molar-refractivity contribution is 6.04. The van der Waals surface area contributed by atoms with E-state index in [2.05, 4.69) is 22.1 Å². The van der Waals surface area contributed by atoms with Gasteiger partial charge in [-0.1, -0.05) is 38.5 Å². The van der Waals surface area contributed by atoms with Crippen LogP contribution in [0.3, 0.4) is 0 Å². The predicted molar refractivity (Wildman–Crippen MR) is 116 cm³/mol. The number of piperazine rings is 1. The minimum atomic E-state index is -0.308. The summed E-state index contributed by atoms with van der Waals surface area (Å²) in [6, 6.07) is 11.2. The second-order valence-electron chi connectivity index (χ2n) is 8.24. The van der Waals surface area contributed by atoms with Crippen molar-refractivity contribution in [2.75, 3.05) is 36.4 Å².